The first-order chi connectivity index (χ1) is 15.4. The quantitative estimate of drug-likeness (QED) is 0.461. The van der Waals surface area contributed by atoms with E-state index < -0.39 is 57.6 Å². The van der Waals surface area contributed by atoms with E-state index in [1.54, 1.807) is 0 Å². The number of benzene rings is 2. The molecule has 0 bridgehead atoms. The third kappa shape index (κ3) is 5.17. The molecule has 0 radical (unpaired) electrons. The Kier molecular flexibility index (Phi) is 7.10. The predicted octanol–water partition coefficient (Wildman–Crippen LogP) is 4.44. The number of sulfonamides is 1. The monoisotopic (exact) mass is 494 g/mol. The molecule has 1 fully saturated rings. The Labute approximate surface area is 186 Å². The summed E-state index contributed by atoms with van der Waals surface area (Å²) in [4.78, 5) is -0.589. The second kappa shape index (κ2) is 9.35. The van der Waals surface area contributed by atoms with Gasteiger partial charge >= 0.3 is 0 Å². The Morgan fingerprint density at radius 1 is 1.18 bits per heavy atom. The molecule has 12 heteroatoms. The van der Waals surface area contributed by atoms with Gasteiger partial charge in [-0.1, -0.05) is 18.7 Å². The van der Waals surface area contributed by atoms with Gasteiger partial charge in [-0.25, -0.2) is 34.8 Å². The number of alkyl halides is 3. The minimum Gasteiger partial charge on any atom is -0.387 e. The van der Waals surface area contributed by atoms with Crippen LogP contribution in [0.25, 0.3) is 5.70 Å². The van der Waals surface area contributed by atoms with Gasteiger partial charge in [-0.3, -0.25) is 0 Å². The lowest BCUT2D eigenvalue weighted by Crippen LogP contribution is -2.44. The molecule has 1 atom stereocenters. The largest absolute Gasteiger partial charge is 0.387 e. The van der Waals surface area contributed by atoms with E-state index in [0.717, 1.165) is 12.1 Å². The minimum absolute atomic E-state index is 0.0312. The average molecular weight is 494 g/mol. The summed E-state index contributed by atoms with van der Waals surface area (Å²) in [7, 11) is -4.61. The zero-order valence-electron chi connectivity index (χ0n) is 17.1. The van der Waals surface area contributed by atoms with Crippen LogP contribution in [-0.2, 0) is 16.7 Å². The number of halogens is 6. The van der Waals surface area contributed by atoms with Crippen LogP contribution in [0.3, 0.4) is 0 Å². The van der Waals surface area contributed by atoms with Gasteiger partial charge in [0.15, 0.2) is 17.5 Å². The summed E-state index contributed by atoms with van der Waals surface area (Å²) in [5.74, 6) is -8.30. The number of nitrogens with zero attached hydrogens (tertiary/aromatic N) is 1. The number of anilines is 1. The van der Waals surface area contributed by atoms with Crippen molar-refractivity contribution in [3.8, 4) is 0 Å². The molecule has 33 heavy (non-hydrogen) atoms. The lowest BCUT2D eigenvalue weighted by Gasteiger charge is -2.26. The number of rotatable bonds is 6. The van der Waals surface area contributed by atoms with Gasteiger partial charge in [0.05, 0.1) is 11.4 Å². The van der Waals surface area contributed by atoms with Crippen LogP contribution in [-0.4, -0.2) is 42.9 Å². The molecule has 0 spiro atoms. The van der Waals surface area contributed by atoms with Crippen molar-refractivity contribution in [1.29, 1.82) is 0 Å². The molecule has 180 valence electrons. The summed E-state index contributed by atoms with van der Waals surface area (Å²) in [6.45, 7) is 0.839. The maximum atomic E-state index is 14.1. The molecule has 2 aromatic rings. The van der Waals surface area contributed by atoms with E-state index in [9.17, 15) is 39.9 Å². The smallest absolute Gasteiger partial charge is 0.286 e. The van der Waals surface area contributed by atoms with E-state index in [1.165, 1.54) is 6.07 Å². The first-order valence-electron chi connectivity index (χ1n) is 9.72. The molecular weight excluding hydrogens is 474 g/mol. The molecule has 1 unspecified atom stereocenters. The highest BCUT2D eigenvalue weighted by molar-refractivity contribution is 7.89. The van der Waals surface area contributed by atoms with Crippen molar-refractivity contribution in [3.05, 3.63) is 65.5 Å². The lowest BCUT2D eigenvalue weighted by molar-refractivity contribution is -0.109. The summed E-state index contributed by atoms with van der Waals surface area (Å²) in [6, 6.07) is 4.70. The summed E-state index contributed by atoms with van der Waals surface area (Å²) in [5, 5.41) is 12.1. The van der Waals surface area contributed by atoms with E-state index in [-0.39, 0.29) is 41.9 Å². The summed E-state index contributed by atoms with van der Waals surface area (Å²) < 4.78 is 109. The lowest BCUT2D eigenvalue weighted by atomic mass is 10.1. The van der Waals surface area contributed by atoms with Crippen LogP contribution >= 0.6 is 0 Å². The van der Waals surface area contributed by atoms with Crippen LogP contribution in [0.15, 0.2) is 41.8 Å². The van der Waals surface area contributed by atoms with Crippen LogP contribution < -0.4 is 5.32 Å². The SMILES string of the molecule is C=C(Nc1cc(F)c(F)c(F)c1)c1ccc(CF)c(S(=O)(=O)N2CCCC(O)C(F)(F)C2)c1. The van der Waals surface area contributed by atoms with Crippen LogP contribution in [0, 0.1) is 17.5 Å². The Morgan fingerprint density at radius 2 is 1.82 bits per heavy atom. The second-order valence-corrected chi connectivity index (χ2v) is 9.48. The summed E-state index contributed by atoms with van der Waals surface area (Å²) >= 11 is 0. The van der Waals surface area contributed by atoms with Gasteiger partial charge in [-0.05, 0) is 24.5 Å². The summed E-state index contributed by atoms with van der Waals surface area (Å²) in [5.41, 5.74) is -0.536. The van der Waals surface area contributed by atoms with Gasteiger partial charge in [-0.15, -0.1) is 0 Å². The molecule has 0 aliphatic carbocycles. The zero-order valence-corrected chi connectivity index (χ0v) is 17.9. The molecule has 1 heterocycles. The van der Waals surface area contributed by atoms with Gasteiger partial charge in [0, 0.05) is 35.6 Å². The van der Waals surface area contributed by atoms with Crippen LogP contribution in [0.1, 0.15) is 24.0 Å². The molecule has 2 aromatic carbocycles. The Bertz CT molecular complexity index is 1150. The molecule has 0 amide bonds. The van der Waals surface area contributed by atoms with Crippen LogP contribution in [0.5, 0.6) is 0 Å². The topological polar surface area (TPSA) is 69.6 Å². The first kappa shape index (κ1) is 25.1. The third-order valence-electron chi connectivity index (χ3n) is 5.22. The molecule has 2 N–H and O–H groups in total. The van der Waals surface area contributed by atoms with E-state index >= 15 is 0 Å². The highest BCUT2D eigenvalue weighted by atomic mass is 32.2. The fraction of sp³-hybridized carbons (Fsp3) is 0.333. The van der Waals surface area contributed by atoms with Crippen molar-refractivity contribution in [3.63, 3.8) is 0 Å². The fourth-order valence-electron chi connectivity index (χ4n) is 3.40. The highest BCUT2D eigenvalue weighted by Crippen LogP contribution is 2.32. The average Bonchev–Trinajstić information content (AvgIpc) is 2.89. The molecule has 0 saturated carbocycles. The molecular formula is C21H20F6N2O3S. The van der Waals surface area contributed by atoms with Gasteiger partial charge in [0.1, 0.15) is 12.8 Å². The summed E-state index contributed by atoms with van der Waals surface area (Å²) in [6.07, 6.45) is -2.35. The number of aliphatic hydroxyl groups excluding tert-OH is 1. The maximum Gasteiger partial charge on any atom is 0.286 e. The fourth-order valence-corrected chi connectivity index (χ4v) is 5.12. The number of nitrogens with one attached hydrogen (secondary N) is 1. The van der Waals surface area contributed by atoms with Crippen LogP contribution in [0.2, 0.25) is 0 Å². The van der Waals surface area contributed by atoms with Gasteiger partial charge in [-0.2, -0.15) is 4.31 Å². The Hall–Kier alpha value is -2.57. The van der Waals surface area contributed by atoms with Crippen molar-refractivity contribution < 1.29 is 39.9 Å². The maximum absolute atomic E-state index is 14.1. The van der Waals surface area contributed by atoms with Crippen molar-refractivity contribution >= 4 is 21.4 Å². The van der Waals surface area contributed by atoms with E-state index in [0.29, 0.717) is 16.4 Å². The third-order valence-corrected chi connectivity index (χ3v) is 7.14. The highest BCUT2D eigenvalue weighted by Gasteiger charge is 2.45. The Balaban J connectivity index is 1.95. The molecule has 1 aliphatic rings. The standard InChI is InChI=1S/C21H20F6N2O3S/c1-12(28-15-8-16(23)20(25)17(24)9-15)13-4-5-14(10-22)18(7-13)33(31,32)29-6-2-3-19(30)21(26,27)11-29/h4-5,7-9,19,28,30H,1-3,6,10-11H2. The second-order valence-electron chi connectivity index (χ2n) is 7.57. The van der Waals surface area contributed by atoms with Crippen molar-refractivity contribution in [1.82, 2.24) is 4.31 Å². The van der Waals surface area contributed by atoms with E-state index in [2.05, 4.69) is 11.9 Å². The van der Waals surface area contributed by atoms with Gasteiger partial charge < -0.3 is 10.4 Å². The number of hydrogen-bond acceptors (Lipinski definition) is 4. The first-order valence-corrected chi connectivity index (χ1v) is 11.2. The van der Waals surface area contributed by atoms with Crippen molar-refractivity contribution in [2.45, 2.75) is 36.4 Å². The van der Waals surface area contributed by atoms with Crippen LogP contribution in [0.4, 0.5) is 32.0 Å². The predicted molar refractivity (Wildman–Crippen MR) is 109 cm³/mol. The van der Waals surface area contributed by atoms with Crippen molar-refractivity contribution in [2.75, 3.05) is 18.4 Å². The van der Waals surface area contributed by atoms with E-state index in [4.69, 9.17) is 0 Å². The molecule has 3 rings (SSSR count). The van der Waals surface area contributed by atoms with Gasteiger partial charge in [0.2, 0.25) is 10.0 Å². The Morgan fingerprint density at radius 3 is 2.42 bits per heavy atom. The minimum atomic E-state index is -4.61. The zero-order chi connectivity index (χ0) is 24.6. The molecule has 1 saturated heterocycles. The van der Waals surface area contributed by atoms with Gasteiger partial charge in [0.25, 0.3) is 5.92 Å². The molecule has 5 nitrogen and oxygen atoms in total. The number of hydrogen-bond donors (Lipinski definition) is 2. The van der Waals surface area contributed by atoms with E-state index in [1.807, 2.05) is 0 Å². The number of aliphatic hydroxyl groups is 1. The molecule has 1 aliphatic heterocycles. The normalized spacial score (nSPS) is 19.2. The van der Waals surface area contributed by atoms with Crippen molar-refractivity contribution in [2.24, 2.45) is 0 Å². The molecule has 0 aromatic heterocycles.